The van der Waals surface area contributed by atoms with Gasteiger partial charge in [-0.15, -0.1) is 5.10 Å². The summed E-state index contributed by atoms with van der Waals surface area (Å²) >= 11 is 6.12. The highest BCUT2D eigenvalue weighted by molar-refractivity contribution is 6.30. The van der Waals surface area contributed by atoms with Gasteiger partial charge in [0.25, 0.3) is 5.56 Å². The van der Waals surface area contributed by atoms with Crippen LogP contribution < -0.4 is 10.3 Å². The minimum absolute atomic E-state index is 0.155. The molecule has 0 aliphatic heterocycles. The highest BCUT2D eigenvalue weighted by Gasteiger charge is 2.12. The van der Waals surface area contributed by atoms with Gasteiger partial charge in [0.05, 0.1) is 28.5 Å². The predicted molar refractivity (Wildman–Crippen MR) is 132 cm³/mol. The molecule has 0 amide bonds. The third-order valence-electron chi connectivity index (χ3n) is 5.47. The molecule has 0 bridgehead atoms. The van der Waals surface area contributed by atoms with E-state index in [0.29, 0.717) is 39.7 Å². The van der Waals surface area contributed by atoms with Crippen molar-refractivity contribution in [2.24, 2.45) is 0 Å². The van der Waals surface area contributed by atoms with Crippen LogP contribution >= 0.6 is 11.6 Å². The number of fused-ring (bicyclic) bond motifs is 1. The molecular weight excluding hydrogens is 450 g/mol. The average molecular weight is 472 g/mol. The first-order chi connectivity index (χ1) is 16.4. The second-order valence-corrected chi connectivity index (χ2v) is 8.68. The minimum Gasteiger partial charge on any atom is -0.487 e. The van der Waals surface area contributed by atoms with E-state index < -0.39 is 0 Å². The maximum absolute atomic E-state index is 13.2. The van der Waals surface area contributed by atoms with Crippen LogP contribution in [0, 0.1) is 20.8 Å². The maximum atomic E-state index is 13.2. The first-order valence-corrected chi connectivity index (χ1v) is 11.2. The van der Waals surface area contributed by atoms with E-state index in [4.69, 9.17) is 16.3 Å². The van der Waals surface area contributed by atoms with Crippen LogP contribution in [0.3, 0.4) is 0 Å². The van der Waals surface area contributed by atoms with Crippen molar-refractivity contribution in [2.45, 2.75) is 27.4 Å². The summed E-state index contributed by atoms with van der Waals surface area (Å²) in [5, 5.41) is 9.51. The lowest BCUT2D eigenvalue weighted by atomic mass is 10.1. The number of aryl methyl sites for hydroxylation is 3. The Balaban J connectivity index is 1.43. The summed E-state index contributed by atoms with van der Waals surface area (Å²) < 4.78 is 9.10. The second kappa shape index (κ2) is 8.76. The largest absolute Gasteiger partial charge is 0.487 e. The molecular formula is C26H22ClN5O2. The molecule has 3 aromatic carbocycles. The molecule has 0 N–H and O–H groups in total. The van der Waals surface area contributed by atoms with E-state index in [9.17, 15) is 4.79 Å². The van der Waals surface area contributed by atoms with Crippen molar-refractivity contribution >= 4 is 22.5 Å². The molecule has 5 aromatic rings. The van der Waals surface area contributed by atoms with Crippen LogP contribution in [0.4, 0.5) is 0 Å². The fourth-order valence-electron chi connectivity index (χ4n) is 4.01. The lowest BCUT2D eigenvalue weighted by Crippen LogP contribution is -2.22. The molecule has 8 heteroatoms. The Hall–Kier alpha value is -3.97. The van der Waals surface area contributed by atoms with E-state index in [1.165, 1.54) is 0 Å². The van der Waals surface area contributed by atoms with E-state index in [-0.39, 0.29) is 5.56 Å². The Morgan fingerprint density at radius 1 is 0.941 bits per heavy atom. The van der Waals surface area contributed by atoms with Gasteiger partial charge in [0.2, 0.25) is 0 Å². The summed E-state index contributed by atoms with van der Waals surface area (Å²) in [4.78, 5) is 17.9. The lowest BCUT2D eigenvalue weighted by Gasteiger charge is -2.11. The van der Waals surface area contributed by atoms with Gasteiger partial charge in [-0.3, -0.25) is 9.36 Å². The van der Waals surface area contributed by atoms with Gasteiger partial charge in [0, 0.05) is 5.02 Å². The standard InChI is InChI=1S/C26H22ClN5O2/c1-16-9-17(2)11-23(10-16)34-15-20-14-31(30-29-20)21-7-8-24-25(13-21)28-18(3)32(26(24)33)22-6-4-5-19(27)12-22/h4-14H,15H2,1-3H3. The molecule has 2 aromatic heterocycles. The van der Waals surface area contributed by atoms with Crippen LogP contribution in [0.1, 0.15) is 22.6 Å². The molecule has 0 saturated carbocycles. The Bertz CT molecular complexity index is 1570. The van der Waals surface area contributed by atoms with E-state index in [0.717, 1.165) is 22.6 Å². The lowest BCUT2D eigenvalue weighted by molar-refractivity contribution is 0.301. The molecule has 0 radical (unpaired) electrons. The SMILES string of the molecule is Cc1cc(C)cc(OCc2cn(-c3ccc4c(=O)n(-c5cccc(Cl)c5)c(C)nc4c3)nn2)c1. The van der Waals surface area contributed by atoms with Crippen molar-refractivity contribution in [1.29, 1.82) is 0 Å². The monoisotopic (exact) mass is 471 g/mol. The van der Waals surface area contributed by atoms with Crippen LogP contribution in [0.15, 0.2) is 71.7 Å². The highest BCUT2D eigenvalue weighted by Crippen LogP contribution is 2.20. The van der Waals surface area contributed by atoms with Gasteiger partial charge >= 0.3 is 0 Å². The van der Waals surface area contributed by atoms with Gasteiger partial charge in [-0.25, -0.2) is 9.67 Å². The van der Waals surface area contributed by atoms with Crippen LogP contribution in [0.5, 0.6) is 5.75 Å². The number of benzene rings is 3. The van der Waals surface area contributed by atoms with E-state index >= 15 is 0 Å². The van der Waals surface area contributed by atoms with Crippen molar-refractivity contribution in [2.75, 3.05) is 0 Å². The Kier molecular flexibility index (Phi) is 5.63. The fourth-order valence-corrected chi connectivity index (χ4v) is 4.20. The maximum Gasteiger partial charge on any atom is 0.265 e. The highest BCUT2D eigenvalue weighted by atomic mass is 35.5. The summed E-state index contributed by atoms with van der Waals surface area (Å²) in [5.41, 5.74) is 4.85. The molecule has 0 aliphatic carbocycles. The summed E-state index contributed by atoms with van der Waals surface area (Å²) in [5.74, 6) is 1.37. The molecule has 0 spiro atoms. The van der Waals surface area contributed by atoms with Crippen LogP contribution in [-0.4, -0.2) is 24.5 Å². The summed E-state index contributed by atoms with van der Waals surface area (Å²) in [6, 6.07) is 18.6. The van der Waals surface area contributed by atoms with Crippen molar-refractivity contribution < 1.29 is 4.74 Å². The second-order valence-electron chi connectivity index (χ2n) is 8.25. The molecule has 0 unspecified atom stereocenters. The van der Waals surface area contributed by atoms with E-state index in [1.807, 2.05) is 56.4 Å². The normalized spacial score (nSPS) is 11.2. The summed E-state index contributed by atoms with van der Waals surface area (Å²) in [6.07, 6.45) is 1.81. The first kappa shape index (κ1) is 21.9. The van der Waals surface area contributed by atoms with Crippen molar-refractivity contribution in [3.8, 4) is 17.1 Å². The van der Waals surface area contributed by atoms with Gasteiger partial charge in [0.15, 0.2) is 0 Å². The third kappa shape index (κ3) is 4.30. The Morgan fingerprint density at radius 3 is 2.50 bits per heavy atom. The smallest absolute Gasteiger partial charge is 0.265 e. The number of aromatic nitrogens is 5. The summed E-state index contributed by atoms with van der Waals surface area (Å²) in [7, 11) is 0. The fraction of sp³-hybridized carbons (Fsp3) is 0.154. The molecule has 7 nitrogen and oxygen atoms in total. The number of hydrogen-bond acceptors (Lipinski definition) is 5. The van der Waals surface area contributed by atoms with E-state index in [2.05, 4.69) is 21.4 Å². The van der Waals surface area contributed by atoms with Gasteiger partial charge in [-0.2, -0.15) is 0 Å². The van der Waals surface area contributed by atoms with Crippen LogP contribution in [-0.2, 0) is 6.61 Å². The number of halogens is 1. The van der Waals surface area contributed by atoms with Gasteiger partial charge in [-0.1, -0.05) is 28.9 Å². The molecule has 0 saturated heterocycles. The van der Waals surface area contributed by atoms with Crippen LogP contribution in [0.2, 0.25) is 5.02 Å². The molecule has 34 heavy (non-hydrogen) atoms. The molecule has 170 valence electrons. The zero-order valence-corrected chi connectivity index (χ0v) is 19.7. The minimum atomic E-state index is -0.155. The Labute approximate surface area is 201 Å². The number of ether oxygens (including phenoxy) is 1. The van der Waals surface area contributed by atoms with Gasteiger partial charge in [-0.05, 0) is 80.4 Å². The van der Waals surface area contributed by atoms with Crippen molar-refractivity contribution in [3.05, 3.63) is 105 Å². The van der Waals surface area contributed by atoms with Crippen molar-refractivity contribution in [3.63, 3.8) is 0 Å². The predicted octanol–water partition coefficient (Wildman–Crippen LogP) is 5.12. The Morgan fingerprint density at radius 2 is 1.74 bits per heavy atom. The number of rotatable bonds is 5. The molecule has 0 fully saturated rings. The summed E-state index contributed by atoms with van der Waals surface area (Å²) in [6.45, 7) is 6.18. The third-order valence-corrected chi connectivity index (χ3v) is 5.71. The number of hydrogen-bond donors (Lipinski definition) is 0. The van der Waals surface area contributed by atoms with E-state index in [1.54, 1.807) is 34.4 Å². The molecule has 5 rings (SSSR count). The first-order valence-electron chi connectivity index (χ1n) is 10.8. The number of nitrogens with zero attached hydrogens (tertiary/aromatic N) is 5. The average Bonchev–Trinajstić information content (AvgIpc) is 3.26. The van der Waals surface area contributed by atoms with Gasteiger partial charge in [0.1, 0.15) is 23.9 Å². The quantitative estimate of drug-likeness (QED) is 0.355. The molecule has 0 atom stereocenters. The van der Waals surface area contributed by atoms with Gasteiger partial charge < -0.3 is 4.74 Å². The topological polar surface area (TPSA) is 74.8 Å². The zero-order valence-electron chi connectivity index (χ0n) is 19.0. The molecule has 0 aliphatic rings. The van der Waals surface area contributed by atoms with Crippen molar-refractivity contribution in [1.82, 2.24) is 24.5 Å². The van der Waals surface area contributed by atoms with Crippen LogP contribution in [0.25, 0.3) is 22.3 Å². The zero-order chi connectivity index (χ0) is 23.8. The molecule has 2 heterocycles.